The first kappa shape index (κ1) is 9.68. The molecule has 2 nitrogen and oxygen atoms in total. The minimum absolute atomic E-state index is 0.297. The molecular formula is C9H16N2S. The summed E-state index contributed by atoms with van der Waals surface area (Å²) in [6.45, 7) is 4.40. The number of nitrogens with two attached hydrogens (primary N) is 1. The molecule has 0 fully saturated rings. The van der Waals surface area contributed by atoms with Gasteiger partial charge in [0.15, 0.2) is 0 Å². The lowest BCUT2D eigenvalue weighted by Crippen LogP contribution is -2.24. The van der Waals surface area contributed by atoms with Crippen molar-refractivity contribution in [3.05, 3.63) is 16.6 Å². The Hall–Kier alpha value is -0.410. The van der Waals surface area contributed by atoms with Gasteiger partial charge < -0.3 is 5.73 Å². The molecule has 0 aliphatic heterocycles. The van der Waals surface area contributed by atoms with E-state index in [4.69, 9.17) is 5.73 Å². The van der Waals surface area contributed by atoms with Gasteiger partial charge in [-0.05, 0) is 18.8 Å². The van der Waals surface area contributed by atoms with Gasteiger partial charge in [-0.3, -0.25) is 4.98 Å². The fourth-order valence-corrected chi connectivity index (χ4v) is 1.98. The molecule has 1 aromatic rings. The van der Waals surface area contributed by atoms with Gasteiger partial charge in [-0.25, -0.2) is 0 Å². The van der Waals surface area contributed by atoms with Crippen molar-refractivity contribution >= 4 is 11.3 Å². The molecule has 1 aromatic heterocycles. The Morgan fingerprint density at radius 1 is 1.58 bits per heavy atom. The van der Waals surface area contributed by atoms with E-state index in [-0.39, 0.29) is 0 Å². The predicted octanol–water partition coefficient (Wildman–Crippen LogP) is 2.06. The number of aromatic nitrogens is 1. The summed E-state index contributed by atoms with van der Waals surface area (Å²) in [4.78, 5) is 5.31. The molecule has 0 aliphatic carbocycles. The Morgan fingerprint density at radius 2 is 2.33 bits per heavy atom. The first-order valence-corrected chi connectivity index (χ1v) is 5.19. The third kappa shape index (κ3) is 3.32. The molecule has 1 unspecified atom stereocenters. The number of hydrogen-bond acceptors (Lipinski definition) is 3. The molecule has 12 heavy (non-hydrogen) atoms. The van der Waals surface area contributed by atoms with Crippen LogP contribution in [-0.4, -0.2) is 11.0 Å². The van der Waals surface area contributed by atoms with E-state index in [1.165, 1.54) is 4.88 Å². The van der Waals surface area contributed by atoms with E-state index in [2.05, 4.69) is 18.8 Å². The lowest BCUT2D eigenvalue weighted by molar-refractivity contribution is 0.495. The maximum Gasteiger partial charge on any atom is 0.0794 e. The van der Waals surface area contributed by atoms with Crippen molar-refractivity contribution < 1.29 is 0 Å². The summed E-state index contributed by atoms with van der Waals surface area (Å²) >= 11 is 1.69. The fourth-order valence-electron chi connectivity index (χ4n) is 1.29. The summed E-state index contributed by atoms with van der Waals surface area (Å²) in [6, 6.07) is 0.297. The van der Waals surface area contributed by atoms with Gasteiger partial charge in [0.2, 0.25) is 0 Å². The first-order chi connectivity index (χ1) is 5.68. The predicted molar refractivity (Wildman–Crippen MR) is 53.2 cm³/mol. The van der Waals surface area contributed by atoms with Crippen molar-refractivity contribution in [1.29, 1.82) is 0 Å². The molecule has 2 N–H and O–H groups in total. The van der Waals surface area contributed by atoms with E-state index in [0.29, 0.717) is 12.0 Å². The zero-order chi connectivity index (χ0) is 8.97. The monoisotopic (exact) mass is 184 g/mol. The Labute approximate surface area is 77.8 Å². The molecule has 3 heteroatoms. The number of thiazole rings is 1. The lowest BCUT2D eigenvalue weighted by atomic mass is 10.0. The quantitative estimate of drug-likeness (QED) is 0.778. The minimum Gasteiger partial charge on any atom is -0.327 e. The van der Waals surface area contributed by atoms with Gasteiger partial charge in [0, 0.05) is 17.1 Å². The molecule has 0 aliphatic rings. The SMILES string of the molecule is CC(C)CC(N)Cc1cncs1. The Morgan fingerprint density at radius 3 is 2.83 bits per heavy atom. The minimum atomic E-state index is 0.297. The zero-order valence-corrected chi connectivity index (χ0v) is 8.47. The summed E-state index contributed by atoms with van der Waals surface area (Å²) in [6.07, 6.45) is 3.98. The summed E-state index contributed by atoms with van der Waals surface area (Å²) in [5.41, 5.74) is 7.80. The highest BCUT2D eigenvalue weighted by atomic mass is 32.1. The van der Waals surface area contributed by atoms with E-state index >= 15 is 0 Å². The topological polar surface area (TPSA) is 38.9 Å². The highest BCUT2D eigenvalue weighted by Crippen LogP contribution is 2.12. The van der Waals surface area contributed by atoms with Crippen LogP contribution in [0.2, 0.25) is 0 Å². The van der Waals surface area contributed by atoms with Crippen molar-refractivity contribution in [2.24, 2.45) is 11.7 Å². The Bertz CT molecular complexity index is 206. The third-order valence-electron chi connectivity index (χ3n) is 1.72. The van der Waals surface area contributed by atoms with Gasteiger partial charge in [0.25, 0.3) is 0 Å². The van der Waals surface area contributed by atoms with E-state index in [9.17, 15) is 0 Å². The van der Waals surface area contributed by atoms with Crippen molar-refractivity contribution in [1.82, 2.24) is 4.98 Å². The normalized spacial score (nSPS) is 13.7. The van der Waals surface area contributed by atoms with E-state index < -0.39 is 0 Å². The van der Waals surface area contributed by atoms with Crippen LogP contribution in [0.25, 0.3) is 0 Å². The molecule has 0 amide bonds. The third-order valence-corrected chi connectivity index (χ3v) is 2.52. The number of nitrogens with zero attached hydrogens (tertiary/aromatic N) is 1. The van der Waals surface area contributed by atoms with Crippen LogP contribution in [0.5, 0.6) is 0 Å². The molecule has 0 bridgehead atoms. The van der Waals surface area contributed by atoms with Crippen molar-refractivity contribution in [2.75, 3.05) is 0 Å². The Kier molecular flexibility index (Phi) is 3.69. The van der Waals surface area contributed by atoms with Crippen LogP contribution >= 0.6 is 11.3 Å². The highest BCUT2D eigenvalue weighted by molar-refractivity contribution is 7.09. The molecule has 0 saturated carbocycles. The fraction of sp³-hybridized carbons (Fsp3) is 0.667. The zero-order valence-electron chi connectivity index (χ0n) is 7.66. The van der Waals surface area contributed by atoms with Crippen LogP contribution in [0.3, 0.4) is 0 Å². The van der Waals surface area contributed by atoms with Gasteiger partial charge >= 0.3 is 0 Å². The lowest BCUT2D eigenvalue weighted by Gasteiger charge is -2.11. The molecule has 68 valence electrons. The smallest absolute Gasteiger partial charge is 0.0794 e. The second-order valence-corrected chi connectivity index (χ2v) is 4.53. The molecule has 0 spiro atoms. The average Bonchev–Trinajstić information content (AvgIpc) is 2.37. The largest absolute Gasteiger partial charge is 0.327 e. The van der Waals surface area contributed by atoms with Gasteiger partial charge in [-0.1, -0.05) is 13.8 Å². The maximum absolute atomic E-state index is 5.94. The summed E-state index contributed by atoms with van der Waals surface area (Å²) in [7, 11) is 0. The van der Waals surface area contributed by atoms with Crippen molar-refractivity contribution in [3.63, 3.8) is 0 Å². The van der Waals surface area contributed by atoms with Crippen LogP contribution in [0, 0.1) is 5.92 Å². The van der Waals surface area contributed by atoms with E-state index in [0.717, 1.165) is 12.8 Å². The number of hydrogen-bond donors (Lipinski definition) is 1. The Balaban J connectivity index is 2.32. The first-order valence-electron chi connectivity index (χ1n) is 4.31. The molecular weight excluding hydrogens is 168 g/mol. The average molecular weight is 184 g/mol. The maximum atomic E-state index is 5.94. The standard InChI is InChI=1S/C9H16N2S/c1-7(2)3-8(10)4-9-5-11-6-12-9/h5-8H,3-4,10H2,1-2H3. The molecule has 0 saturated heterocycles. The molecule has 0 aromatic carbocycles. The van der Waals surface area contributed by atoms with Crippen LogP contribution in [0.15, 0.2) is 11.7 Å². The van der Waals surface area contributed by atoms with E-state index in [1.54, 1.807) is 11.3 Å². The summed E-state index contributed by atoms with van der Waals surface area (Å²) < 4.78 is 0. The highest BCUT2D eigenvalue weighted by Gasteiger charge is 2.06. The van der Waals surface area contributed by atoms with Crippen molar-refractivity contribution in [3.8, 4) is 0 Å². The van der Waals surface area contributed by atoms with Gasteiger partial charge in [-0.2, -0.15) is 0 Å². The molecule has 0 radical (unpaired) electrons. The molecule has 1 atom stereocenters. The van der Waals surface area contributed by atoms with Gasteiger partial charge in [0.05, 0.1) is 5.51 Å². The number of rotatable bonds is 4. The van der Waals surface area contributed by atoms with Crippen molar-refractivity contribution in [2.45, 2.75) is 32.7 Å². The van der Waals surface area contributed by atoms with Gasteiger partial charge in [-0.15, -0.1) is 11.3 Å². The van der Waals surface area contributed by atoms with Crippen LogP contribution in [0.1, 0.15) is 25.1 Å². The molecule has 1 rings (SSSR count). The van der Waals surface area contributed by atoms with E-state index in [1.807, 2.05) is 11.7 Å². The van der Waals surface area contributed by atoms with Crippen LogP contribution in [-0.2, 0) is 6.42 Å². The summed E-state index contributed by atoms with van der Waals surface area (Å²) in [5, 5.41) is 0. The van der Waals surface area contributed by atoms with Crippen LogP contribution in [0.4, 0.5) is 0 Å². The second kappa shape index (κ2) is 4.58. The van der Waals surface area contributed by atoms with Gasteiger partial charge in [0.1, 0.15) is 0 Å². The summed E-state index contributed by atoms with van der Waals surface area (Å²) in [5.74, 6) is 0.688. The van der Waals surface area contributed by atoms with Crippen LogP contribution < -0.4 is 5.73 Å². The molecule has 1 heterocycles. The second-order valence-electron chi connectivity index (χ2n) is 3.56.